The van der Waals surface area contributed by atoms with Gasteiger partial charge in [0.25, 0.3) is 23.9 Å². The van der Waals surface area contributed by atoms with Crippen molar-refractivity contribution in [3.63, 3.8) is 0 Å². The number of nitrogens with zero attached hydrogens (tertiary/aromatic N) is 3. The first-order valence-corrected chi connectivity index (χ1v) is 9.55. The molecule has 1 aliphatic heterocycles. The lowest BCUT2D eigenvalue weighted by molar-refractivity contribution is -0.620. The van der Waals surface area contributed by atoms with Gasteiger partial charge in [-0.2, -0.15) is 0 Å². The van der Waals surface area contributed by atoms with Crippen LogP contribution in [0.1, 0.15) is 19.3 Å². The zero-order valence-corrected chi connectivity index (χ0v) is 17.7. The molecule has 5 unspecified atom stereocenters. The quantitative estimate of drug-likeness (QED) is 0.0816. The Hall–Kier alpha value is -3.63. The van der Waals surface area contributed by atoms with Gasteiger partial charge in [-0.15, -0.1) is 0 Å². The maximum Gasteiger partial charge on any atom is 0.310 e. The second-order valence-electron chi connectivity index (χ2n) is 7.78. The lowest BCUT2D eigenvalue weighted by Crippen LogP contribution is -2.82. The minimum Gasteiger partial charge on any atom is -0.481 e. The van der Waals surface area contributed by atoms with Crippen molar-refractivity contribution in [2.45, 2.75) is 73.2 Å². The van der Waals surface area contributed by atoms with Crippen LogP contribution in [-0.4, -0.2) is 127 Å². The van der Waals surface area contributed by atoms with E-state index in [1.807, 2.05) is 0 Å². The Labute approximate surface area is 197 Å². The van der Waals surface area contributed by atoms with Gasteiger partial charge in [0.15, 0.2) is 6.10 Å². The zero-order chi connectivity index (χ0) is 28.3. The number of hydrogen-bond donors (Lipinski definition) is 8. The van der Waals surface area contributed by atoms with E-state index in [9.17, 15) is 70.3 Å². The van der Waals surface area contributed by atoms with E-state index in [1.165, 1.54) is 0 Å². The Bertz CT molecular complexity index is 925. The normalized spacial score (nSPS) is 31.4. The van der Waals surface area contributed by atoms with E-state index < -0.39 is 106 Å². The van der Waals surface area contributed by atoms with Crippen LogP contribution >= 0.6 is 0 Å². The highest BCUT2D eigenvalue weighted by molar-refractivity contribution is 5.68. The Morgan fingerprint density at radius 3 is 1.58 bits per heavy atom. The summed E-state index contributed by atoms with van der Waals surface area (Å²) in [5.41, 5.74) is -4.19. The molecule has 1 fully saturated rings. The summed E-state index contributed by atoms with van der Waals surface area (Å²) in [4.78, 5) is 62.9. The van der Waals surface area contributed by atoms with Crippen LogP contribution in [0.25, 0.3) is 0 Å². The molecule has 36 heavy (non-hydrogen) atoms. The number of nitro groups is 3. The van der Waals surface area contributed by atoms with Gasteiger partial charge in [0, 0.05) is 14.8 Å². The van der Waals surface area contributed by atoms with Crippen molar-refractivity contribution in [2.24, 2.45) is 0 Å². The molecule has 0 aromatic heterocycles. The minimum atomic E-state index is -4.31. The van der Waals surface area contributed by atoms with Gasteiger partial charge in [-0.05, 0) is 0 Å². The molecular formula is C15H21N3O18. The molecule has 1 rings (SSSR count). The predicted octanol–water partition coefficient (Wildman–Crippen LogP) is -4.75. The highest BCUT2D eigenvalue weighted by Crippen LogP contribution is 2.45. The van der Waals surface area contributed by atoms with Crippen molar-refractivity contribution in [2.75, 3.05) is 0 Å². The number of ether oxygens (including phenoxy) is 1. The molecule has 0 radical (unpaired) electrons. The highest BCUT2D eigenvalue weighted by atomic mass is 16.7. The fraction of sp³-hybridized carbons (Fsp3) is 0.800. The molecule has 0 saturated carbocycles. The lowest BCUT2D eigenvalue weighted by Gasteiger charge is -2.53. The summed E-state index contributed by atoms with van der Waals surface area (Å²) in [5.74, 6) is -10.4. The van der Waals surface area contributed by atoms with E-state index in [2.05, 4.69) is 0 Å². The fourth-order valence-electron chi connectivity index (χ4n) is 3.87. The molecule has 1 aliphatic rings. The van der Waals surface area contributed by atoms with E-state index in [1.54, 1.807) is 0 Å². The number of carbonyl (C=O) groups is 3. The first-order chi connectivity index (χ1) is 16.3. The Kier molecular flexibility index (Phi) is 9.26. The summed E-state index contributed by atoms with van der Waals surface area (Å²) in [6, 6.07) is -8.91. The summed E-state index contributed by atoms with van der Waals surface area (Å²) in [6.45, 7) is 0. The monoisotopic (exact) mass is 531 g/mol. The standard InChI is InChI=1S/C15H21N3O18/c19-7(20)1-4(16(30)31)10(25)12-11(26)13(27)14(28,5(17(32)33)2-8(21)22)15(29,36-12)6(18(34)35)3-9(23)24/h4-6,10-13,25-29H,1-3H2,(H,19,20)(H,21,22)(H,23,24)/t4?,5?,6?,10?,11-,12?,13+,14-,15+/m1/s1. The SMILES string of the molecule is O=C(O)CC(C(O)C1O[C@@](O)(C(CC(=O)O)[N+](=O)[O-])[C@@](O)(C(CC(=O)O)[N+](=O)[O-])[C@@H](O)[C@@H]1O)[N+](=O)[O-]. The van der Waals surface area contributed by atoms with E-state index >= 15 is 0 Å². The Morgan fingerprint density at radius 1 is 0.806 bits per heavy atom. The molecule has 1 saturated heterocycles. The molecule has 8 N–H and O–H groups in total. The van der Waals surface area contributed by atoms with Crippen molar-refractivity contribution in [3.8, 4) is 0 Å². The van der Waals surface area contributed by atoms with E-state index in [-0.39, 0.29) is 0 Å². The molecule has 21 heteroatoms. The molecule has 0 aliphatic carbocycles. The summed E-state index contributed by atoms with van der Waals surface area (Å²) < 4.78 is 4.73. The lowest BCUT2D eigenvalue weighted by atomic mass is 9.69. The third kappa shape index (κ3) is 5.60. The largest absolute Gasteiger partial charge is 0.481 e. The number of aliphatic hydroxyl groups is 5. The van der Waals surface area contributed by atoms with Crippen LogP contribution in [0.5, 0.6) is 0 Å². The second-order valence-corrected chi connectivity index (χ2v) is 7.78. The molecule has 0 aromatic carbocycles. The van der Waals surface area contributed by atoms with E-state index in [4.69, 9.17) is 20.1 Å². The van der Waals surface area contributed by atoms with Gasteiger partial charge in [0.05, 0.1) is 0 Å². The fourth-order valence-corrected chi connectivity index (χ4v) is 3.87. The number of carboxylic acids is 3. The van der Waals surface area contributed by atoms with Gasteiger partial charge >= 0.3 is 17.9 Å². The van der Waals surface area contributed by atoms with Gasteiger partial charge < -0.3 is 45.6 Å². The second kappa shape index (κ2) is 11.0. The van der Waals surface area contributed by atoms with Crippen LogP contribution in [0.15, 0.2) is 0 Å². The average molecular weight is 531 g/mol. The number of rotatable bonds is 13. The molecule has 0 aromatic rings. The molecule has 9 atom stereocenters. The number of carboxylic acid groups (broad SMARTS) is 3. The average Bonchev–Trinajstić information content (AvgIpc) is 2.73. The Balaban J connectivity index is 3.88. The van der Waals surface area contributed by atoms with Crippen molar-refractivity contribution in [1.82, 2.24) is 0 Å². The van der Waals surface area contributed by atoms with Crippen molar-refractivity contribution >= 4 is 17.9 Å². The molecule has 0 bridgehead atoms. The van der Waals surface area contributed by atoms with E-state index in [0.717, 1.165) is 0 Å². The molecule has 204 valence electrons. The van der Waals surface area contributed by atoms with Gasteiger partial charge in [0.2, 0.25) is 5.60 Å². The molecule has 0 spiro atoms. The number of hydrogen-bond acceptors (Lipinski definition) is 15. The third-order valence-corrected chi connectivity index (χ3v) is 5.59. The first kappa shape index (κ1) is 30.4. The third-order valence-electron chi connectivity index (χ3n) is 5.59. The molecule has 1 heterocycles. The number of aliphatic hydroxyl groups excluding tert-OH is 3. The summed E-state index contributed by atoms with van der Waals surface area (Å²) >= 11 is 0. The predicted molar refractivity (Wildman–Crippen MR) is 102 cm³/mol. The molecule has 21 nitrogen and oxygen atoms in total. The van der Waals surface area contributed by atoms with Crippen LogP contribution < -0.4 is 0 Å². The van der Waals surface area contributed by atoms with Gasteiger partial charge in [-0.1, -0.05) is 0 Å². The summed E-state index contributed by atoms with van der Waals surface area (Å²) in [7, 11) is 0. The smallest absolute Gasteiger partial charge is 0.310 e. The van der Waals surface area contributed by atoms with Gasteiger partial charge in [-0.25, -0.2) is 0 Å². The van der Waals surface area contributed by atoms with Crippen LogP contribution in [0.2, 0.25) is 0 Å². The zero-order valence-electron chi connectivity index (χ0n) is 17.7. The topological polar surface area (TPSA) is 352 Å². The van der Waals surface area contributed by atoms with Gasteiger partial charge in [-0.3, -0.25) is 44.7 Å². The van der Waals surface area contributed by atoms with Crippen LogP contribution in [0.4, 0.5) is 0 Å². The number of aliphatic carboxylic acids is 3. The Morgan fingerprint density at radius 2 is 1.22 bits per heavy atom. The maximum absolute atomic E-state index is 11.6. The highest BCUT2D eigenvalue weighted by Gasteiger charge is 2.77. The van der Waals surface area contributed by atoms with Crippen LogP contribution in [0, 0.1) is 30.3 Å². The minimum absolute atomic E-state index is 1.41. The van der Waals surface area contributed by atoms with Crippen molar-refractivity contribution in [1.29, 1.82) is 0 Å². The summed E-state index contributed by atoms with van der Waals surface area (Å²) in [5, 5.41) is 115. The van der Waals surface area contributed by atoms with E-state index in [0.29, 0.717) is 0 Å². The van der Waals surface area contributed by atoms with Crippen molar-refractivity contribution in [3.05, 3.63) is 30.3 Å². The van der Waals surface area contributed by atoms with Crippen molar-refractivity contribution < 1.29 is 74.7 Å². The summed E-state index contributed by atoms with van der Waals surface area (Å²) in [6.07, 6.45) is -16.9. The van der Waals surface area contributed by atoms with Crippen LogP contribution in [-0.2, 0) is 19.1 Å². The van der Waals surface area contributed by atoms with Gasteiger partial charge in [0.1, 0.15) is 37.6 Å². The molecular weight excluding hydrogens is 510 g/mol. The molecule has 0 amide bonds. The maximum atomic E-state index is 11.6. The van der Waals surface area contributed by atoms with Crippen LogP contribution in [0.3, 0.4) is 0 Å². The first-order valence-electron chi connectivity index (χ1n) is 9.55.